The number of aliphatic hydroxyl groups is 2. The molecule has 0 fully saturated rings. The van der Waals surface area contributed by atoms with E-state index < -0.39 is 35.0 Å². The Kier molecular flexibility index (Phi) is 11.6. The van der Waals surface area contributed by atoms with Crippen molar-refractivity contribution in [2.45, 2.75) is 12.2 Å². The van der Waals surface area contributed by atoms with E-state index in [0.717, 1.165) is 0 Å². The largest absolute Gasteiger partial charge is 0.491 e. The average molecular weight is 707 g/mol. The zero-order valence-corrected chi connectivity index (χ0v) is 27.8. The van der Waals surface area contributed by atoms with Gasteiger partial charge in [0.2, 0.25) is 0 Å². The molecule has 0 radical (unpaired) electrons. The first-order chi connectivity index (χ1) is 25.2. The highest BCUT2D eigenvalue weighted by Crippen LogP contribution is 2.23. The van der Waals surface area contributed by atoms with E-state index in [-0.39, 0.29) is 61.9 Å². The summed E-state index contributed by atoms with van der Waals surface area (Å²) in [5.74, 6) is -0.148. The second kappa shape index (κ2) is 16.9. The number of aliphatic hydroxyl groups excluding tert-OH is 2. The highest BCUT2D eigenvalue weighted by atomic mass is 16.5. The van der Waals surface area contributed by atoms with Gasteiger partial charge in [0.15, 0.2) is 11.6 Å². The SMILES string of the molecule is O=C(c1ccccc1)c1cc2ccc(OCC(O)COCCOCC(O)COc3ccc4cc(C(=O)c5ccccc5)c(=O)oc4c3)cc2oc1=O. The molecule has 0 bridgehead atoms. The van der Waals surface area contributed by atoms with E-state index >= 15 is 0 Å². The Morgan fingerprint density at radius 2 is 0.942 bits per heavy atom. The van der Waals surface area contributed by atoms with Crippen LogP contribution >= 0.6 is 0 Å². The molecule has 0 saturated carbocycles. The van der Waals surface area contributed by atoms with Crippen LogP contribution in [0.1, 0.15) is 31.8 Å². The van der Waals surface area contributed by atoms with Crippen molar-refractivity contribution >= 4 is 33.5 Å². The summed E-state index contributed by atoms with van der Waals surface area (Å²) in [6, 6.07) is 29.5. The fourth-order valence-electron chi connectivity index (χ4n) is 5.21. The summed E-state index contributed by atoms with van der Waals surface area (Å²) >= 11 is 0. The molecule has 0 aliphatic heterocycles. The number of hydrogen-bond donors (Lipinski definition) is 2. The monoisotopic (exact) mass is 706 g/mol. The average Bonchev–Trinajstić information content (AvgIpc) is 3.17. The molecule has 12 heteroatoms. The minimum atomic E-state index is -0.963. The van der Waals surface area contributed by atoms with E-state index in [0.29, 0.717) is 33.4 Å². The predicted octanol–water partition coefficient (Wildman–Crippen LogP) is 4.57. The maximum absolute atomic E-state index is 12.7. The summed E-state index contributed by atoms with van der Waals surface area (Å²) in [6.45, 7) is 0.0264. The van der Waals surface area contributed by atoms with Gasteiger partial charge in [-0.25, -0.2) is 9.59 Å². The van der Waals surface area contributed by atoms with E-state index in [1.54, 1.807) is 84.9 Å². The number of rotatable bonds is 17. The van der Waals surface area contributed by atoms with Crippen molar-refractivity contribution < 1.29 is 47.6 Å². The lowest BCUT2D eigenvalue weighted by molar-refractivity contribution is -0.0316. The van der Waals surface area contributed by atoms with Crippen LogP contribution in [0.3, 0.4) is 0 Å². The van der Waals surface area contributed by atoms with Crippen LogP contribution in [0.15, 0.2) is 128 Å². The molecule has 4 aromatic carbocycles. The summed E-state index contributed by atoms with van der Waals surface area (Å²) < 4.78 is 32.9. The molecule has 266 valence electrons. The minimum Gasteiger partial charge on any atom is -0.491 e. The van der Waals surface area contributed by atoms with Crippen LogP contribution in [0, 0.1) is 0 Å². The van der Waals surface area contributed by atoms with Crippen LogP contribution in [0.2, 0.25) is 0 Å². The molecule has 2 heterocycles. The maximum Gasteiger partial charge on any atom is 0.347 e. The van der Waals surface area contributed by atoms with Crippen molar-refractivity contribution in [3.8, 4) is 11.5 Å². The van der Waals surface area contributed by atoms with Gasteiger partial charge in [0.1, 0.15) is 59.2 Å². The maximum atomic E-state index is 12.7. The first-order valence-corrected chi connectivity index (χ1v) is 16.4. The van der Waals surface area contributed by atoms with Crippen molar-refractivity contribution in [1.82, 2.24) is 0 Å². The summed E-state index contributed by atoms with van der Waals surface area (Å²) in [4.78, 5) is 50.5. The molecule has 12 nitrogen and oxygen atoms in total. The topological polar surface area (TPSA) is 172 Å². The Morgan fingerprint density at radius 3 is 1.35 bits per heavy atom. The Labute approximate surface area is 296 Å². The minimum absolute atomic E-state index is 0.0390. The highest BCUT2D eigenvalue weighted by molar-refractivity contribution is 6.10. The Hall–Kier alpha value is -5.92. The molecule has 2 N–H and O–H groups in total. The van der Waals surface area contributed by atoms with Gasteiger partial charge in [-0.2, -0.15) is 0 Å². The van der Waals surface area contributed by atoms with Crippen molar-refractivity contribution in [2.75, 3.05) is 39.6 Å². The standard InChI is InChI=1S/C40H34O12/c41-29(23-49-31-13-11-27-17-33(39(45)51-35(27)19-31)37(43)25-7-3-1-4-8-25)21-47-15-16-48-22-30(42)24-50-32-14-12-28-18-34(40(46)52-36(28)20-32)38(44)26-9-5-2-6-10-26/h1-14,17-20,29-30,41-42H,15-16,21-24H2. The first-order valence-electron chi connectivity index (χ1n) is 16.4. The molecule has 6 aromatic rings. The van der Waals surface area contributed by atoms with E-state index in [9.17, 15) is 29.4 Å². The van der Waals surface area contributed by atoms with Crippen LogP contribution < -0.4 is 20.7 Å². The highest BCUT2D eigenvalue weighted by Gasteiger charge is 2.18. The third-order valence-corrected chi connectivity index (χ3v) is 7.85. The van der Waals surface area contributed by atoms with Gasteiger partial charge in [0.05, 0.1) is 26.4 Å². The molecule has 2 atom stereocenters. The van der Waals surface area contributed by atoms with Gasteiger partial charge in [-0.15, -0.1) is 0 Å². The summed E-state index contributed by atoms with van der Waals surface area (Å²) in [7, 11) is 0. The smallest absolute Gasteiger partial charge is 0.347 e. The van der Waals surface area contributed by atoms with E-state index in [4.69, 9.17) is 27.8 Å². The van der Waals surface area contributed by atoms with E-state index in [2.05, 4.69) is 0 Å². The third-order valence-electron chi connectivity index (χ3n) is 7.85. The summed E-state index contributed by atoms with van der Waals surface area (Å²) in [5, 5.41) is 21.6. The molecule has 0 aliphatic rings. The Bertz CT molecular complexity index is 2120. The number of ether oxygens (including phenoxy) is 4. The number of ketones is 2. The van der Waals surface area contributed by atoms with Gasteiger partial charge < -0.3 is 38.0 Å². The van der Waals surface area contributed by atoms with Crippen molar-refractivity contribution in [1.29, 1.82) is 0 Å². The Balaban J connectivity index is 0.882. The zero-order chi connectivity index (χ0) is 36.5. The lowest BCUT2D eigenvalue weighted by atomic mass is 10.0. The van der Waals surface area contributed by atoms with Gasteiger partial charge in [0, 0.05) is 34.0 Å². The number of carbonyl (C=O) groups is 2. The molecule has 0 spiro atoms. The number of benzene rings is 4. The van der Waals surface area contributed by atoms with Gasteiger partial charge >= 0.3 is 11.3 Å². The van der Waals surface area contributed by atoms with E-state index in [1.807, 2.05) is 0 Å². The molecule has 0 saturated heterocycles. The fraction of sp³-hybridized carbons (Fsp3) is 0.200. The molecule has 0 aliphatic carbocycles. The zero-order valence-electron chi connectivity index (χ0n) is 27.8. The van der Waals surface area contributed by atoms with Gasteiger partial charge in [-0.3, -0.25) is 9.59 Å². The normalized spacial score (nSPS) is 12.4. The quantitative estimate of drug-likeness (QED) is 0.0770. The van der Waals surface area contributed by atoms with Crippen molar-refractivity contribution in [2.24, 2.45) is 0 Å². The number of fused-ring (bicyclic) bond motifs is 2. The van der Waals surface area contributed by atoms with Crippen molar-refractivity contribution in [3.63, 3.8) is 0 Å². The second-order valence-corrected chi connectivity index (χ2v) is 11.8. The first kappa shape index (κ1) is 35.9. The third kappa shape index (κ3) is 9.05. The molecule has 2 unspecified atom stereocenters. The lowest BCUT2D eigenvalue weighted by Crippen LogP contribution is -2.26. The molecular formula is C40H34O12. The number of hydrogen-bond acceptors (Lipinski definition) is 12. The summed E-state index contributed by atoms with van der Waals surface area (Å²) in [6.07, 6.45) is -1.93. The van der Waals surface area contributed by atoms with Crippen LogP contribution in [0.5, 0.6) is 11.5 Å². The molecule has 6 rings (SSSR count). The van der Waals surface area contributed by atoms with Crippen LogP contribution in [-0.2, 0) is 9.47 Å². The molecule has 52 heavy (non-hydrogen) atoms. The van der Waals surface area contributed by atoms with Crippen molar-refractivity contribution in [3.05, 3.63) is 152 Å². The van der Waals surface area contributed by atoms with Gasteiger partial charge in [-0.1, -0.05) is 60.7 Å². The molecular weight excluding hydrogens is 672 g/mol. The van der Waals surface area contributed by atoms with E-state index in [1.165, 1.54) is 24.3 Å². The van der Waals surface area contributed by atoms with Gasteiger partial charge in [0.25, 0.3) is 0 Å². The Morgan fingerprint density at radius 1 is 0.538 bits per heavy atom. The fourth-order valence-corrected chi connectivity index (χ4v) is 5.21. The predicted molar refractivity (Wildman–Crippen MR) is 189 cm³/mol. The lowest BCUT2D eigenvalue weighted by Gasteiger charge is -2.15. The number of carbonyl (C=O) groups excluding carboxylic acids is 2. The van der Waals surface area contributed by atoms with Crippen LogP contribution in [0.25, 0.3) is 21.9 Å². The van der Waals surface area contributed by atoms with Crippen LogP contribution in [-0.4, -0.2) is 73.6 Å². The second-order valence-electron chi connectivity index (χ2n) is 11.8. The molecule has 0 amide bonds. The van der Waals surface area contributed by atoms with Crippen LogP contribution in [0.4, 0.5) is 0 Å². The molecule has 2 aromatic heterocycles. The summed E-state index contributed by atoms with van der Waals surface area (Å²) in [5.41, 5.74) is -0.423. The van der Waals surface area contributed by atoms with Gasteiger partial charge in [-0.05, 0) is 36.4 Å².